The molecule has 1 unspecified atom stereocenters. The Kier molecular flexibility index (Phi) is 3.91. The molecule has 18 heavy (non-hydrogen) atoms. The molecular weight excluding hydrogens is 234 g/mol. The molecule has 2 rings (SSSR count). The minimum atomic E-state index is -0.623. The van der Waals surface area contributed by atoms with Gasteiger partial charge in [-0.2, -0.15) is 4.98 Å². The largest absolute Gasteiger partial charge is 0.497 e. The quantitative estimate of drug-likeness (QED) is 0.808. The van der Waals surface area contributed by atoms with Gasteiger partial charge in [0.05, 0.1) is 13.7 Å². The molecule has 0 aliphatic carbocycles. The third kappa shape index (κ3) is 2.85. The first-order valence-electron chi connectivity index (χ1n) is 5.54. The molecule has 0 spiro atoms. The van der Waals surface area contributed by atoms with E-state index in [1.807, 2.05) is 24.3 Å². The van der Waals surface area contributed by atoms with Gasteiger partial charge in [-0.3, -0.25) is 0 Å². The van der Waals surface area contributed by atoms with Gasteiger partial charge in [0.1, 0.15) is 11.8 Å². The average molecular weight is 249 g/mol. The third-order valence-corrected chi connectivity index (χ3v) is 2.52. The maximum absolute atomic E-state index is 8.88. The van der Waals surface area contributed by atoms with E-state index in [4.69, 9.17) is 20.1 Å². The molecule has 1 atom stereocenters. The van der Waals surface area contributed by atoms with E-state index in [9.17, 15) is 0 Å². The first-order valence-corrected chi connectivity index (χ1v) is 5.54. The van der Waals surface area contributed by atoms with Crippen molar-refractivity contribution >= 4 is 0 Å². The van der Waals surface area contributed by atoms with Crippen LogP contribution in [0.15, 0.2) is 28.8 Å². The molecule has 3 N–H and O–H groups in total. The highest BCUT2D eigenvalue weighted by Crippen LogP contribution is 2.14. The molecule has 2 aromatic rings. The van der Waals surface area contributed by atoms with Gasteiger partial charge < -0.3 is 20.1 Å². The molecule has 96 valence electrons. The highest BCUT2D eigenvalue weighted by molar-refractivity contribution is 5.28. The van der Waals surface area contributed by atoms with Crippen LogP contribution in [0.4, 0.5) is 0 Å². The Morgan fingerprint density at radius 2 is 2.11 bits per heavy atom. The smallest absolute Gasteiger partial charge is 0.245 e. The number of benzene rings is 1. The van der Waals surface area contributed by atoms with Crippen LogP contribution in [-0.4, -0.2) is 29.0 Å². The second-order valence-electron chi connectivity index (χ2n) is 3.86. The van der Waals surface area contributed by atoms with Gasteiger partial charge in [0, 0.05) is 6.42 Å². The van der Waals surface area contributed by atoms with E-state index in [1.54, 1.807) is 7.11 Å². The fraction of sp³-hybridized carbons (Fsp3) is 0.333. The monoisotopic (exact) mass is 249 g/mol. The zero-order valence-electron chi connectivity index (χ0n) is 10.0. The summed E-state index contributed by atoms with van der Waals surface area (Å²) < 4.78 is 10.0. The molecule has 0 aliphatic rings. The van der Waals surface area contributed by atoms with E-state index in [0.717, 1.165) is 11.3 Å². The highest BCUT2D eigenvalue weighted by Gasteiger charge is 2.13. The number of nitrogens with zero attached hydrogens (tertiary/aromatic N) is 2. The molecular formula is C12H15N3O3. The molecule has 6 nitrogen and oxygen atoms in total. The summed E-state index contributed by atoms with van der Waals surface area (Å²) in [5, 5.41) is 12.7. The summed E-state index contributed by atoms with van der Waals surface area (Å²) in [6.45, 7) is -0.218. The van der Waals surface area contributed by atoms with Crippen molar-refractivity contribution < 1.29 is 14.4 Å². The average Bonchev–Trinajstić information content (AvgIpc) is 2.87. The van der Waals surface area contributed by atoms with Crippen LogP contribution < -0.4 is 10.5 Å². The van der Waals surface area contributed by atoms with E-state index in [0.29, 0.717) is 12.2 Å². The molecule has 0 fully saturated rings. The molecule has 0 aliphatic heterocycles. The molecule has 1 heterocycles. The second kappa shape index (κ2) is 5.61. The topological polar surface area (TPSA) is 94.4 Å². The molecule has 0 radical (unpaired) electrons. The van der Waals surface area contributed by atoms with Crippen molar-refractivity contribution in [3.05, 3.63) is 41.5 Å². The van der Waals surface area contributed by atoms with Crippen LogP contribution in [0, 0.1) is 0 Å². The molecule has 0 amide bonds. The van der Waals surface area contributed by atoms with Crippen LogP contribution >= 0.6 is 0 Å². The Hall–Kier alpha value is -1.92. The number of nitrogens with two attached hydrogens (primary N) is 1. The first-order chi connectivity index (χ1) is 8.72. The normalized spacial score (nSPS) is 12.4. The van der Waals surface area contributed by atoms with Crippen LogP contribution in [-0.2, 0) is 6.42 Å². The Labute approximate surface area is 104 Å². The van der Waals surface area contributed by atoms with E-state index in [-0.39, 0.29) is 12.5 Å². The van der Waals surface area contributed by atoms with Crippen LogP contribution in [0.5, 0.6) is 5.75 Å². The van der Waals surface area contributed by atoms with Crippen LogP contribution in [0.2, 0.25) is 0 Å². The number of aliphatic hydroxyl groups is 1. The summed E-state index contributed by atoms with van der Waals surface area (Å²) in [7, 11) is 1.62. The van der Waals surface area contributed by atoms with Crippen molar-refractivity contribution in [3.8, 4) is 5.75 Å². The molecule has 0 saturated carbocycles. The zero-order valence-corrected chi connectivity index (χ0v) is 10.0. The second-order valence-corrected chi connectivity index (χ2v) is 3.86. The summed E-state index contributed by atoms with van der Waals surface area (Å²) in [5.74, 6) is 1.59. The SMILES string of the molecule is COc1ccc(Cc2noc(C(N)CO)n2)cc1. The Morgan fingerprint density at radius 1 is 1.39 bits per heavy atom. The number of ether oxygens (including phenoxy) is 1. The van der Waals surface area contributed by atoms with E-state index >= 15 is 0 Å². The summed E-state index contributed by atoms with van der Waals surface area (Å²) in [6, 6.07) is 6.98. The number of hydrogen-bond donors (Lipinski definition) is 2. The Bertz CT molecular complexity index is 496. The number of aliphatic hydroxyl groups excluding tert-OH is 1. The van der Waals surface area contributed by atoms with Gasteiger partial charge in [0.2, 0.25) is 5.89 Å². The minimum Gasteiger partial charge on any atom is -0.497 e. The summed E-state index contributed by atoms with van der Waals surface area (Å²) in [6.07, 6.45) is 0.547. The van der Waals surface area contributed by atoms with Gasteiger partial charge in [0.25, 0.3) is 0 Å². The molecule has 0 bridgehead atoms. The molecule has 0 saturated heterocycles. The van der Waals surface area contributed by atoms with Gasteiger partial charge in [-0.15, -0.1) is 0 Å². The maximum Gasteiger partial charge on any atom is 0.245 e. The summed E-state index contributed by atoms with van der Waals surface area (Å²) >= 11 is 0. The predicted octanol–water partition coefficient (Wildman–Crippen LogP) is 0.661. The van der Waals surface area contributed by atoms with Gasteiger partial charge in [-0.05, 0) is 17.7 Å². The minimum absolute atomic E-state index is 0.218. The van der Waals surface area contributed by atoms with E-state index in [2.05, 4.69) is 10.1 Å². The maximum atomic E-state index is 8.88. The lowest BCUT2D eigenvalue weighted by molar-refractivity contribution is 0.236. The van der Waals surface area contributed by atoms with Gasteiger partial charge in [-0.1, -0.05) is 17.3 Å². The van der Waals surface area contributed by atoms with Gasteiger partial charge in [-0.25, -0.2) is 0 Å². The van der Waals surface area contributed by atoms with Crippen LogP contribution in [0.3, 0.4) is 0 Å². The number of methoxy groups -OCH3 is 1. The fourth-order valence-electron chi connectivity index (χ4n) is 1.49. The predicted molar refractivity (Wildman–Crippen MR) is 64.1 cm³/mol. The van der Waals surface area contributed by atoms with Crippen molar-refractivity contribution in [2.24, 2.45) is 5.73 Å². The van der Waals surface area contributed by atoms with Crippen molar-refractivity contribution in [2.45, 2.75) is 12.5 Å². The lowest BCUT2D eigenvalue weighted by Gasteiger charge is -2.01. The van der Waals surface area contributed by atoms with E-state index in [1.165, 1.54) is 0 Å². The molecule has 1 aromatic heterocycles. The summed E-state index contributed by atoms with van der Waals surface area (Å²) in [5.41, 5.74) is 6.62. The first kappa shape index (κ1) is 12.5. The highest BCUT2D eigenvalue weighted by atomic mass is 16.5. The number of hydrogen-bond acceptors (Lipinski definition) is 6. The Balaban J connectivity index is 2.06. The third-order valence-electron chi connectivity index (χ3n) is 2.52. The molecule has 1 aromatic carbocycles. The van der Waals surface area contributed by atoms with Gasteiger partial charge >= 0.3 is 0 Å². The van der Waals surface area contributed by atoms with Crippen molar-refractivity contribution in [2.75, 3.05) is 13.7 Å². The lowest BCUT2D eigenvalue weighted by atomic mass is 10.1. The van der Waals surface area contributed by atoms with Gasteiger partial charge in [0.15, 0.2) is 5.82 Å². The van der Waals surface area contributed by atoms with Crippen LogP contribution in [0.1, 0.15) is 23.3 Å². The van der Waals surface area contributed by atoms with Crippen molar-refractivity contribution in [3.63, 3.8) is 0 Å². The summed E-state index contributed by atoms with van der Waals surface area (Å²) in [4.78, 5) is 4.12. The van der Waals surface area contributed by atoms with E-state index < -0.39 is 6.04 Å². The van der Waals surface area contributed by atoms with Crippen molar-refractivity contribution in [1.82, 2.24) is 10.1 Å². The number of rotatable bonds is 5. The molecule has 6 heteroatoms. The lowest BCUT2D eigenvalue weighted by Crippen LogP contribution is -2.14. The van der Waals surface area contributed by atoms with Crippen molar-refractivity contribution in [1.29, 1.82) is 0 Å². The zero-order chi connectivity index (χ0) is 13.0. The van der Waals surface area contributed by atoms with Crippen LogP contribution in [0.25, 0.3) is 0 Å². The number of aromatic nitrogens is 2. The standard InChI is InChI=1S/C12H15N3O3/c1-17-9-4-2-8(3-5-9)6-11-14-12(18-15-11)10(13)7-16/h2-5,10,16H,6-7,13H2,1H3. The fourth-order valence-corrected chi connectivity index (χ4v) is 1.49. The Morgan fingerprint density at radius 3 is 2.72 bits per heavy atom.